The maximum atomic E-state index is 12.5. The molecular formula is C17H16INO. The standard InChI is InChI=1S/C17H16INO/c18-15-10-5-4-9-14(15)16(20)19-17(11-6-12-17)13-7-2-1-3-8-13/h1-5,7-10H,6,11-12H2,(H,19,20). The summed E-state index contributed by atoms with van der Waals surface area (Å²) in [6, 6.07) is 18.0. The summed E-state index contributed by atoms with van der Waals surface area (Å²) in [6.45, 7) is 0. The average Bonchev–Trinajstić information content (AvgIpc) is 2.44. The largest absolute Gasteiger partial charge is 0.342 e. The molecule has 0 bridgehead atoms. The second-order valence-corrected chi connectivity index (χ2v) is 6.40. The van der Waals surface area contributed by atoms with Crippen LogP contribution in [0.5, 0.6) is 0 Å². The molecule has 2 nitrogen and oxygen atoms in total. The van der Waals surface area contributed by atoms with Crippen LogP contribution in [0.3, 0.4) is 0 Å². The Kier molecular flexibility index (Phi) is 3.78. The summed E-state index contributed by atoms with van der Waals surface area (Å²) >= 11 is 2.21. The first-order valence-electron chi connectivity index (χ1n) is 6.84. The normalized spacial score (nSPS) is 16.2. The van der Waals surface area contributed by atoms with Crippen molar-refractivity contribution >= 4 is 28.5 Å². The van der Waals surface area contributed by atoms with E-state index in [1.54, 1.807) is 0 Å². The highest BCUT2D eigenvalue weighted by molar-refractivity contribution is 14.1. The molecule has 1 amide bonds. The van der Waals surface area contributed by atoms with Crippen molar-refractivity contribution in [3.05, 3.63) is 69.3 Å². The number of nitrogens with one attached hydrogen (secondary N) is 1. The van der Waals surface area contributed by atoms with Gasteiger partial charge in [-0.25, -0.2) is 0 Å². The fraction of sp³-hybridized carbons (Fsp3) is 0.235. The molecule has 1 aliphatic carbocycles. The topological polar surface area (TPSA) is 29.1 Å². The smallest absolute Gasteiger partial charge is 0.253 e. The number of hydrogen-bond acceptors (Lipinski definition) is 1. The van der Waals surface area contributed by atoms with E-state index >= 15 is 0 Å². The van der Waals surface area contributed by atoms with E-state index in [2.05, 4.69) is 40.0 Å². The van der Waals surface area contributed by atoms with Gasteiger partial charge in [-0.15, -0.1) is 0 Å². The summed E-state index contributed by atoms with van der Waals surface area (Å²) in [7, 11) is 0. The van der Waals surface area contributed by atoms with Crippen LogP contribution in [-0.4, -0.2) is 5.91 Å². The van der Waals surface area contributed by atoms with Gasteiger partial charge in [-0.2, -0.15) is 0 Å². The van der Waals surface area contributed by atoms with Crippen molar-refractivity contribution in [2.45, 2.75) is 24.8 Å². The molecule has 3 heteroatoms. The molecule has 1 aliphatic rings. The molecule has 1 N–H and O–H groups in total. The molecular weight excluding hydrogens is 361 g/mol. The van der Waals surface area contributed by atoms with Gasteiger partial charge in [0.25, 0.3) is 5.91 Å². The average molecular weight is 377 g/mol. The van der Waals surface area contributed by atoms with E-state index in [9.17, 15) is 4.79 Å². The first-order valence-corrected chi connectivity index (χ1v) is 7.92. The van der Waals surface area contributed by atoms with Crippen LogP contribution < -0.4 is 5.32 Å². The summed E-state index contributed by atoms with van der Waals surface area (Å²) in [4.78, 5) is 12.5. The van der Waals surface area contributed by atoms with Gasteiger partial charge in [0.1, 0.15) is 0 Å². The lowest BCUT2D eigenvalue weighted by molar-refractivity contribution is 0.0822. The Morgan fingerprint density at radius 2 is 1.65 bits per heavy atom. The monoisotopic (exact) mass is 377 g/mol. The number of carbonyl (C=O) groups is 1. The maximum Gasteiger partial charge on any atom is 0.253 e. The molecule has 2 aromatic carbocycles. The SMILES string of the molecule is O=C(NC1(c2ccccc2)CCC1)c1ccccc1I. The van der Waals surface area contributed by atoms with Crippen molar-refractivity contribution in [2.75, 3.05) is 0 Å². The summed E-state index contributed by atoms with van der Waals surface area (Å²) in [6.07, 6.45) is 3.21. The van der Waals surface area contributed by atoms with Gasteiger partial charge >= 0.3 is 0 Å². The van der Waals surface area contributed by atoms with Gasteiger partial charge in [-0.3, -0.25) is 4.79 Å². The van der Waals surface area contributed by atoms with Crippen molar-refractivity contribution in [3.63, 3.8) is 0 Å². The van der Waals surface area contributed by atoms with E-state index in [1.807, 2.05) is 42.5 Å². The van der Waals surface area contributed by atoms with Crippen molar-refractivity contribution in [2.24, 2.45) is 0 Å². The molecule has 0 heterocycles. The van der Waals surface area contributed by atoms with E-state index in [-0.39, 0.29) is 11.4 Å². The molecule has 1 saturated carbocycles. The predicted molar refractivity (Wildman–Crippen MR) is 88.6 cm³/mol. The Morgan fingerprint density at radius 1 is 1.00 bits per heavy atom. The van der Waals surface area contributed by atoms with Crippen LogP contribution in [0.2, 0.25) is 0 Å². The van der Waals surface area contributed by atoms with Crippen LogP contribution in [0, 0.1) is 3.57 Å². The first-order chi connectivity index (χ1) is 9.71. The van der Waals surface area contributed by atoms with Crippen molar-refractivity contribution in [1.82, 2.24) is 5.32 Å². The van der Waals surface area contributed by atoms with Crippen LogP contribution in [-0.2, 0) is 5.54 Å². The Hall–Kier alpha value is -1.36. The lowest BCUT2D eigenvalue weighted by atomic mass is 9.71. The van der Waals surface area contributed by atoms with Crippen LogP contribution in [0.1, 0.15) is 35.2 Å². The summed E-state index contributed by atoms with van der Waals surface area (Å²) in [5.41, 5.74) is 1.80. The second kappa shape index (κ2) is 5.56. The second-order valence-electron chi connectivity index (χ2n) is 5.24. The highest BCUT2D eigenvalue weighted by atomic mass is 127. The third-order valence-electron chi connectivity index (χ3n) is 4.00. The third kappa shape index (κ3) is 2.46. The van der Waals surface area contributed by atoms with E-state index < -0.39 is 0 Å². The summed E-state index contributed by atoms with van der Waals surface area (Å²) < 4.78 is 0.991. The lowest BCUT2D eigenvalue weighted by Crippen LogP contribution is -2.50. The molecule has 1 fully saturated rings. The fourth-order valence-corrected chi connectivity index (χ4v) is 3.34. The maximum absolute atomic E-state index is 12.5. The van der Waals surface area contributed by atoms with Gasteiger partial charge in [0.05, 0.1) is 11.1 Å². The molecule has 102 valence electrons. The Labute approximate surface area is 132 Å². The summed E-state index contributed by atoms with van der Waals surface area (Å²) in [5, 5.41) is 3.26. The van der Waals surface area contributed by atoms with Crippen molar-refractivity contribution < 1.29 is 4.79 Å². The zero-order valence-electron chi connectivity index (χ0n) is 11.1. The third-order valence-corrected chi connectivity index (χ3v) is 4.95. The molecule has 3 rings (SSSR count). The van der Waals surface area contributed by atoms with Gasteiger partial charge < -0.3 is 5.32 Å². The quantitative estimate of drug-likeness (QED) is 0.802. The van der Waals surface area contributed by atoms with E-state index in [4.69, 9.17) is 0 Å². The number of rotatable bonds is 3. The zero-order chi connectivity index (χ0) is 14.0. The molecule has 0 atom stereocenters. The minimum absolute atomic E-state index is 0.0264. The van der Waals surface area contributed by atoms with Gasteiger partial charge in [-0.05, 0) is 59.5 Å². The van der Waals surface area contributed by atoms with Crippen molar-refractivity contribution in [1.29, 1.82) is 0 Å². The molecule has 0 saturated heterocycles. The van der Waals surface area contributed by atoms with Crippen LogP contribution in [0.15, 0.2) is 54.6 Å². The van der Waals surface area contributed by atoms with Crippen LogP contribution in [0.4, 0.5) is 0 Å². The van der Waals surface area contributed by atoms with E-state index in [0.29, 0.717) is 0 Å². The van der Waals surface area contributed by atoms with E-state index in [0.717, 1.165) is 22.0 Å². The first kappa shape index (κ1) is 13.6. The van der Waals surface area contributed by atoms with Gasteiger partial charge in [0, 0.05) is 3.57 Å². The van der Waals surface area contributed by atoms with Gasteiger partial charge in [0.15, 0.2) is 0 Å². The molecule has 20 heavy (non-hydrogen) atoms. The summed E-state index contributed by atoms with van der Waals surface area (Å²) in [5.74, 6) is 0.0264. The lowest BCUT2D eigenvalue weighted by Gasteiger charge is -2.43. The Bertz CT molecular complexity index is 620. The van der Waals surface area contributed by atoms with E-state index in [1.165, 1.54) is 12.0 Å². The highest BCUT2D eigenvalue weighted by Crippen LogP contribution is 2.41. The molecule has 2 aromatic rings. The molecule has 0 aliphatic heterocycles. The molecule has 0 unspecified atom stereocenters. The van der Waals surface area contributed by atoms with Gasteiger partial charge in [0.2, 0.25) is 0 Å². The van der Waals surface area contributed by atoms with Gasteiger partial charge in [-0.1, -0.05) is 42.5 Å². The molecule has 0 radical (unpaired) electrons. The molecule has 0 spiro atoms. The van der Waals surface area contributed by atoms with Crippen molar-refractivity contribution in [3.8, 4) is 0 Å². The minimum Gasteiger partial charge on any atom is -0.342 e. The number of hydrogen-bond donors (Lipinski definition) is 1. The minimum atomic E-state index is -0.169. The molecule has 0 aromatic heterocycles. The number of benzene rings is 2. The van der Waals surface area contributed by atoms with Crippen LogP contribution >= 0.6 is 22.6 Å². The predicted octanol–water partition coefficient (Wildman–Crippen LogP) is 4.10. The highest BCUT2D eigenvalue weighted by Gasteiger charge is 2.40. The Balaban J connectivity index is 1.86. The number of amides is 1. The zero-order valence-corrected chi connectivity index (χ0v) is 13.3. The number of halogens is 1. The van der Waals surface area contributed by atoms with Crippen LogP contribution in [0.25, 0.3) is 0 Å². The fourth-order valence-electron chi connectivity index (χ4n) is 2.70. The number of carbonyl (C=O) groups excluding carboxylic acids is 1. The Morgan fingerprint density at radius 3 is 2.25 bits per heavy atom.